The molecule has 0 saturated heterocycles. The van der Waals surface area contributed by atoms with Crippen LogP contribution in [0.3, 0.4) is 0 Å². The standard InChI is InChI=1S/C5H5N3O4/c1-12-4(9)3-2-6-5(7-3)8(10)11/h2H,1H3,(H,6,7). The summed E-state index contributed by atoms with van der Waals surface area (Å²) in [5.41, 5.74) is -0.0378. The van der Waals surface area contributed by atoms with E-state index in [9.17, 15) is 14.9 Å². The van der Waals surface area contributed by atoms with Gasteiger partial charge in [0.15, 0.2) is 6.20 Å². The number of H-pyrrole nitrogens is 1. The molecule has 0 saturated carbocycles. The minimum absolute atomic E-state index is 0.0378. The molecule has 0 aliphatic rings. The summed E-state index contributed by atoms with van der Waals surface area (Å²) in [6.45, 7) is 0. The highest BCUT2D eigenvalue weighted by Crippen LogP contribution is 2.05. The summed E-state index contributed by atoms with van der Waals surface area (Å²) in [5, 5.41) is 10.1. The fourth-order valence-electron chi connectivity index (χ4n) is 0.617. The number of aromatic amines is 1. The highest BCUT2D eigenvalue weighted by atomic mass is 16.6. The second-order valence-electron chi connectivity index (χ2n) is 1.87. The number of nitrogens with one attached hydrogen (secondary N) is 1. The number of ether oxygens (including phenoxy) is 1. The normalized spacial score (nSPS) is 9.42. The predicted molar refractivity (Wildman–Crippen MR) is 36.6 cm³/mol. The summed E-state index contributed by atoms with van der Waals surface area (Å²) in [5.74, 6) is -1.16. The van der Waals surface area contributed by atoms with Gasteiger partial charge in [-0.15, -0.1) is 0 Å². The molecule has 64 valence electrons. The molecule has 7 nitrogen and oxygen atoms in total. The zero-order valence-corrected chi connectivity index (χ0v) is 6.10. The lowest BCUT2D eigenvalue weighted by molar-refractivity contribution is -0.393. The van der Waals surface area contributed by atoms with Crippen LogP contribution >= 0.6 is 0 Å². The Hall–Kier alpha value is -1.92. The number of methoxy groups -OCH3 is 1. The van der Waals surface area contributed by atoms with Crippen molar-refractivity contribution in [3.63, 3.8) is 0 Å². The molecule has 1 aromatic rings. The van der Waals surface area contributed by atoms with Gasteiger partial charge in [0.25, 0.3) is 0 Å². The molecule has 0 bridgehead atoms. The summed E-state index contributed by atoms with van der Waals surface area (Å²) in [4.78, 5) is 25.6. The summed E-state index contributed by atoms with van der Waals surface area (Å²) in [7, 11) is 1.18. The van der Waals surface area contributed by atoms with Gasteiger partial charge >= 0.3 is 11.9 Å². The molecule has 12 heavy (non-hydrogen) atoms. The van der Waals surface area contributed by atoms with Crippen LogP contribution in [0.25, 0.3) is 0 Å². The highest BCUT2D eigenvalue weighted by Gasteiger charge is 2.17. The van der Waals surface area contributed by atoms with E-state index in [1.807, 2.05) is 0 Å². The van der Waals surface area contributed by atoms with E-state index in [2.05, 4.69) is 14.7 Å². The van der Waals surface area contributed by atoms with Crippen molar-refractivity contribution in [2.24, 2.45) is 0 Å². The summed E-state index contributed by atoms with van der Waals surface area (Å²) >= 11 is 0. The number of hydrogen-bond donors (Lipinski definition) is 1. The first-order valence-electron chi connectivity index (χ1n) is 2.93. The Morgan fingerprint density at radius 3 is 2.92 bits per heavy atom. The Morgan fingerprint density at radius 2 is 2.50 bits per heavy atom. The first-order valence-corrected chi connectivity index (χ1v) is 2.93. The number of nitro groups is 1. The van der Waals surface area contributed by atoms with Crippen molar-refractivity contribution < 1.29 is 14.5 Å². The maximum Gasteiger partial charge on any atom is 0.432 e. The van der Waals surface area contributed by atoms with Crippen LogP contribution in [0.5, 0.6) is 0 Å². The fraction of sp³-hybridized carbons (Fsp3) is 0.200. The monoisotopic (exact) mass is 171 g/mol. The molecule has 0 atom stereocenters. The Balaban J connectivity index is 2.91. The molecule has 0 radical (unpaired) electrons. The van der Waals surface area contributed by atoms with Gasteiger partial charge in [0.05, 0.1) is 7.11 Å². The average molecular weight is 171 g/mol. The lowest BCUT2D eigenvalue weighted by Crippen LogP contribution is -2.01. The van der Waals surface area contributed by atoms with Gasteiger partial charge in [0, 0.05) is 0 Å². The molecule has 0 amide bonds. The van der Waals surface area contributed by atoms with Gasteiger partial charge in [-0.25, -0.2) is 9.78 Å². The zero-order chi connectivity index (χ0) is 9.14. The van der Waals surface area contributed by atoms with Crippen LogP contribution in [-0.4, -0.2) is 28.0 Å². The van der Waals surface area contributed by atoms with Crippen molar-refractivity contribution in [3.05, 3.63) is 22.0 Å². The third-order valence-corrected chi connectivity index (χ3v) is 1.14. The van der Waals surface area contributed by atoms with Crippen LogP contribution in [0.1, 0.15) is 10.5 Å². The van der Waals surface area contributed by atoms with Crippen molar-refractivity contribution in [1.29, 1.82) is 0 Å². The Morgan fingerprint density at radius 1 is 1.83 bits per heavy atom. The van der Waals surface area contributed by atoms with Gasteiger partial charge in [-0.05, 0) is 4.92 Å². The van der Waals surface area contributed by atoms with E-state index in [0.717, 1.165) is 6.20 Å². The van der Waals surface area contributed by atoms with Crippen LogP contribution in [0, 0.1) is 10.1 Å². The molecule has 0 fully saturated rings. The second-order valence-corrected chi connectivity index (χ2v) is 1.87. The van der Waals surface area contributed by atoms with E-state index in [-0.39, 0.29) is 5.69 Å². The molecule has 1 rings (SSSR count). The Kier molecular flexibility index (Phi) is 2.04. The van der Waals surface area contributed by atoms with Crippen LogP contribution in [0.2, 0.25) is 0 Å². The average Bonchev–Trinajstić information content (AvgIpc) is 2.51. The number of esters is 1. The first-order chi connectivity index (χ1) is 5.65. The molecular formula is C5H5N3O4. The number of hydrogen-bond acceptors (Lipinski definition) is 5. The second kappa shape index (κ2) is 2.99. The predicted octanol–water partition coefficient (Wildman–Crippen LogP) is 0.104. The van der Waals surface area contributed by atoms with Crippen molar-refractivity contribution in [2.75, 3.05) is 7.11 Å². The van der Waals surface area contributed by atoms with Crippen molar-refractivity contribution in [2.45, 2.75) is 0 Å². The fourth-order valence-corrected chi connectivity index (χ4v) is 0.617. The van der Waals surface area contributed by atoms with E-state index in [1.54, 1.807) is 0 Å². The summed E-state index contributed by atoms with van der Waals surface area (Å²) in [6, 6.07) is 0. The molecule has 0 aliphatic carbocycles. The minimum atomic E-state index is -0.730. The number of aromatic nitrogens is 2. The van der Waals surface area contributed by atoms with Gasteiger partial charge in [0.1, 0.15) is 0 Å². The summed E-state index contributed by atoms with van der Waals surface area (Å²) < 4.78 is 4.30. The van der Waals surface area contributed by atoms with Crippen LogP contribution in [0.4, 0.5) is 5.95 Å². The molecule has 0 spiro atoms. The van der Waals surface area contributed by atoms with Crippen molar-refractivity contribution >= 4 is 11.9 Å². The Bertz CT molecular complexity index is 318. The largest absolute Gasteiger partial charge is 0.463 e. The zero-order valence-electron chi connectivity index (χ0n) is 6.10. The maximum atomic E-state index is 10.7. The van der Waals surface area contributed by atoms with Gasteiger partial charge in [-0.2, -0.15) is 0 Å². The molecular weight excluding hydrogens is 166 g/mol. The molecule has 0 aliphatic heterocycles. The van der Waals surface area contributed by atoms with Crippen molar-refractivity contribution in [3.8, 4) is 0 Å². The van der Waals surface area contributed by atoms with Crippen LogP contribution < -0.4 is 0 Å². The van der Waals surface area contributed by atoms with Gasteiger partial charge in [0.2, 0.25) is 5.69 Å². The SMILES string of the molecule is COC(=O)c1cnc([N+](=O)[O-])[nH]1. The number of carbonyl (C=O) groups is 1. The minimum Gasteiger partial charge on any atom is -0.463 e. The van der Waals surface area contributed by atoms with Gasteiger partial charge in [-0.1, -0.05) is 4.98 Å². The number of nitrogens with zero attached hydrogens (tertiary/aromatic N) is 2. The van der Waals surface area contributed by atoms with Crippen LogP contribution in [-0.2, 0) is 4.74 Å². The van der Waals surface area contributed by atoms with E-state index < -0.39 is 16.8 Å². The molecule has 0 unspecified atom stereocenters. The molecule has 1 aromatic heterocycles. The quantitative estimate of drug-likeness (QED) is 0.386. The lowest BCUT2D eigenvalue weighted by atomic mass is 10.5. The number of imidazole rings is 1. The van der Waals surface area contributed by atoms with Gasteiger partial charge < -0.3 is 14.9 Å². The molecule has 1 N–H and O–H groups in total. The molecule has 7 heteroatoms. The Labute approximate surface area is 66.5 Å². The topological polar surface area (TPSA) is 98.1 Å². The molecule has 1 heterocycles. The van der Waals surface area contributed by atoms with E-state index in [1.165, 1.54) is 7.11 Å². The third kappa shape index (κ3) is 1.39. The first kappa shape index (κ1) is 8.18. The molecule has 0 aromatic carbocycles. The van der Waals surface area contributed by atoms with Crippen LogP contribution in [0.15, 0.2) is 6.20 Å². The maximum absolute atomic E-state index is 10.7. The smallest absolute Gasteiger partial charge is 0.432 e. The highest BCUT2D eigenvalue weighted by molar-refractivity contribution is 5.87. The number of rotatable bonds is 2. The summed E-state index contributed by atoms with van der Waals surface area (Å²) in [6.07, 6.45) is 1.05. The van der Waals surface area contributed by atoms with E-state index >= 15 is 0 Å². The van der Waals surface area contributed by atoms with Gasteiger partial charge in [-0.3, -0.25) is 0 Å². The van der Waals surface area contributed by atoms with Crippen molar-refractivity contribution in [1.82, 2.24) is 9.97 Å². The van der Waals surface area contributed by atoms with E-state index in [0.29, 0.717) is 0 Å². The van der Waals surface area contributed by atoms with E-state index in [4.69, 9.17) is 0 Å². The lowest BCUT2D eigenvalue weighted by Gasteiger charge is -1.89. The third-order valence-electron chi connectivity index (χ3n) is 1.14. The number of carbonyl (C=O) groups excluding carboxylic acids is 1.